The molecule has 0 aromatic heterocycles. The Morgan fingerprint density at radius 1 is 0.667 bits per heavy atom. The molecule has 9 heavy (non-hydrogen) atoms. The molecule has 0 atom stereocenters. The Morgan fingerprint density at radius 3 is 0.667 bits per heavy atom. The van der Waals surface area contributed by atoms with E-state index in [1.54, 1.807) is 0 Å². The smallest absolute Gasteiger partial charge is 0.894 e. The van der Waals surface area contributed by atoms with Gasteiger partial charge in [0, 0.05) is 0 Å². The second-order valence-electron chi connectivity index (χ2n) is 0.500. The number of hydrogen-bond acceptors (Lipinski definition) is 4. The minimum atomic E-state index is -5.61. The van der Waals surface area contributed by atoms with Crippen LogP contribution in [0, 0.1) is 0 Å². The SMILES string of the molecule is O.O.[Ca+2].[Ca+2].[O-][Si]([O-])([O-])[O-]. The van der Waals surface area contributed by atoms with Crippen LogP contribution in [0.15, 0.2) is 0 Å². The summed E-state index contributed by atoms with van der Waals surface area (Å²) >= 11 is 0. The molecule has 0 unspecified atom stereocenters. The van der Waals surface area contributed by atoms with Crippen LogP contribution < -0.4 is 19.2 Å². The zero-order chi connectivity index (χ0) is 4.50. The normalized spacial score (nSPS) is 6.67. The second kappa shape index (κ2) is 13.1. The Balaban J connectivity index is -0.0000000133. The standard InChI is InChI=1S/2Ca.O4Si.2H2O/c;;1-5(2,3)4;;/h;;;2*1H2/q2*+2;-4;;. The fraction of sp³-hybridized carbons (Fsp3) is 0. The average Bonchev–Trinajstić information content (AvgIpc) is 0.722. The molecule has 0 heterocycles. The summed E-state index contributed by atoms with van der Waals surface area (Å²) in [5.41, 5.74) is 0. The van der Waals surface area contributed by atoms with Gasteiger partial charge in [0.05, 0.1) is 0 Å². The molecule has 48 valence electrons. The minimum absolute atomic E-state index is 0. The van der Waals surface area contributed by atoms with Crippen molar-refractivity contribution in [1.29, 1.82) is 0 Å². The van der Waals surface area contributed by atoms with Crippen LogP contribution in [-0.2, 0) is 0 Å². The van der Waals surface area contributed by atoms with E-state index >= 15 is 0 Å². The van der Waals surface area contributed by atoms with Crippen molar-refractivity contribution >= 4 is 84.5 Å². The van der Waals surface area contributed by atoms with Crippen LogP contribution in [0.2, 0.25) is 0 Å². The van der Waals surface area contributed by atoms with E-state index in [2.05, 4.69) is 0 Å². The molecule has 0 bridgehead atoms. The maximum Gasteiger partial charge on any atom is 2.00 e. The van der Waals surface area contributed by atoms with Gasteiger partial charge >= 0.3 is 75.5 Å². The van der Waals surface area contributed by atoms with Crippen LogP contribution in [-0.4, -0.2) is 95.5 Å². The average molecular weight is 208 g/mol. The molecule has 9 heteroatoms. The largest absolute Gasteiger partial charge is 2.00 e. The summed E-state index contributed by atoms with van der Waals surface area (Å²) in [4.78, 5) is 34.3. The van der Waals surface area contributed by atoms with E-state index < -0.39 is 9.05 Å². The van der Waals surface area contributed by atoms with E-state index in [0.29, 0.717) is 0 Å². The predicted molar refractivity (Wildman–Crippen MR) is 24.5 cm³/mol. The molecular weight excluding hydrogens is 204 g/mol. The van der Waals surface area contributed by atoms with Crippen molar-refractivity contribution in [3.8, 4) is 0 Å². The van der Waals surface area contributed by atoms with Crippen LogP contribution in [0.5, 0.6) is 0 Å². The van der Waals surface area contributed by atoms with Crippen molar-refractivity contribution in [3.63, 3.8) is 0 Å². The molecule has 0 aromatic rings. The quantitative estimate of drug-likeness (QED) is 0.362. The number of hydrogen-bond donors (Lipinski definition) is 0. The molecule has 0 aliphatic carbocycles. The summed E-state index contributed by atoms with van der Waals surface area (Å²) in [6.45, 7) is 0. The minimum Gasteiger partial charge on any atom is -0.894 e. The molecule has 0 rings (SSSR count). The first-order chi connectivity index (χ1) is 2.00. The van der Waals surface area contributed by atoms with Crippen LogP contribution in [0.1, 0.15) is 0 Å². The second-order valence-corrected chi connectivity index (χ2v) is 1.50. The van der Waals surface area contributed by atoms with Crippen molar-refractivity contribution in [3.05, 3.63) is 0 Å². The Labute approximate surface area is 113 Å². The topological polar surface area (TPSA) is 155 Å². The summed E-state index contributed by atoms with van der Waals surface area (Å²) < 4.78 is 0. The van der Waals surface area contributed by atoms with Crippen LogP contribution >= 0.6 is 0 Å². The Bertz CT molecular complexity index is 26.5. The van der Waals surface area contributed by atoms with Crippen LogP contribution in [0.3, 0.4) is 0 Å². The Hall–Kier alpha value is 2.50. The van der Waals surface area contributed by atoms with Gasteiger partial charge < -0.3 is 39.2 Å². The van der Waals surface area contributed by atoms with Crippen LogP contribution in [0.25, 0.3) is 0 Å². The predicted octanol–water partition coefficient (Wildman–Crippen LogP) is -7.55. The third kappa shape index (κ3) is 122. The molecule has 6 nitrogen and oxygen atoms in total. The fourth-order valence-corrected chi connectivity index (χ4v) is 0. The Kier molecular flexibility index (Phi) is 43.7. The first kappa shape index (κ1) is 30.0. The maximum absolute atomic E-state index is 8.58. The molecule has 0 saturated carbocycles. The monoisotopic (exact) mass is 208 g/mol. The zero-order valence-corrected chi connectivity index (χ0v) is 9.96. The summed E-state index contributed by atoms with van der Waals surface area (Å²) in [6, 6.07) is 0. The van der Waals surface area contributed by atoms with Gasteiger partial charge in [-0.3, -0.25) is 0 Å². The van der Waals surface area contributed by atoms with E-state index in [1.165, 1.54) is 0 Å². The van der Waals surface area contributed by atoms with Crippen molar-refractivity contribution in [2.24, 2.45) is 0 Å². The van der Waals surface area contributed by atoms with Gasteiger partial charge in [-0.15, -0.1) is 0 Å². The summed E-state index contributed by atoms with van der Waals surface area (Å²) in [5, 5.41) is 0. The van der Waals surface area contributed by atoms with Gasteiger partial charge in [-0.2, -0.15) is 0 Å². The molecule has 0 aliphatic heterocycles. The third-order valence-electron chi connectivity index (χ3n) is 0. The molecule has 0 aliphatic rings. The van der Waals surface area contributed by atoms with E-state index in [1.807, 2.05) is 0 Å². The van der Waals surface area contributed by atoms with Gasteiger partial charge in [-0.1, -0.05) is 0 Å². The van der Waals surface area contributed by atoms with Crippen molar-refractivity contribution in [1.82, 2.24) is 0 Å². The molecule has 0 spiro atoms. The molecule has 0 radical (unpaired) electrons. The van der Waals surface area contributed by atoms with Crippen molar-refractivity contribution in [2.75, 3.05) is 0 Å². The first-order valence-electron chi connectivity index (χ1n) is 0.816. The molecule has 0 aromatic carbocycles. The van der Waals surface area contributed by atoms with Crippen molar-refractivity contribution in [2.45, 2.75) is 0 Å². The summed E-state index contributed by atoms with van der Waals surface area (Å²) in [5.74, 6) is 0. The summed E-state index contributed by atoms with van der Waals surface area (Å²) in [6.07, 6.45) is 0. The first-order valence-corrected chi connectivity index (χ1v) is 2.45. The molecule has 0 amide bonds. The molecule has 0 fully saturated rings. The molecule has 0 saturated heterocycles. The van der Waals surface area contributed by atoms with Gasteiger partial charge in [0.25, 0.3) is 0 Å². The molecule has 4 N–H and O–H groups in total. The van der Waals surface area contributed by atoms with E-state index in [9.17, 15) is 0 Å². The zero-order valence-electron chi connectivity index (χ0n) is 4.55. The van der Waals surface area contributed by atoms with Crippen LogP contribution in [0.4, 0.5) is 0 Å². The van der Waals surface area contributed by atoms with E-state index in [-0.39, 0.29) is 86.4 Å². The third-order valence-corrected chi connectivity index (χ3v) is 0. The van der Waals surface area contributed by atoms with Gasteiger partial charge in [0.2, 0.25) is 0 Å². The molecular formula is H4Ca2O6Si. The van der Waals surface area contributed by atoms with E-state index in [0.717, 1.165) is 0 Å². The van der Waals surface area contributed by atoms with E-state index in [4.69, 9.17) is 19.2 Å². The fourth-order valence-electron chi connectivity index (χ4n) is 0. The van der Waals surface area contributed by atoms with Gasteiger partial charge in [0.1, 0.15) is 0 Å². The van der Waals surface area contributed by atoms with Gasteiger partial charge in [-0.05, 0) is 0 Å². The van der Waals surface area contributed by atoms with Gasteiger partial charge in [0.15, 0.2) is 0 Å². The van der Waals surface area contributed by atoms with Crippen molar-refractivity contribution < 1.29 is 30.1 Å². The Morgan fingerprint density at radius 2 is 0.667 bits per heavy atom. The number of rotatable bonds is 0. The van der Waals surface area contributed by atoms with Gasteiger partial charge in [-0.25, -0.2) is 0 Å². The maximum atomic E-state index is 8.58. The summed E-state index contributed by atoms with van der Waals surface area (Å²) in [7, 11) is -5.61.